The highest BCUT2D eigenvalue weighted by Gasteiger charge is 2.47. The lowest BCUT2D eigenvalue weighted by atomic mass is 10.0. The van der Waals surface area contributed by atoms with Gasteiger partial charge in [0, 0.05) is 32.6 Å². The Hall–Kier alpha value is -1.60. The number of hydrogen-bond acceptors (Lipinski definition) is 5. The van der Waals surface area contributed by atoms with Crippen LogP contribution in [0.4, 0.5) is 0 Å². The maximum Gasteiger partial charge on any atom is 0.219 e. The first kappa shape index (κ1) is 16.3. The second-order valence-corrected chi connectivity index (χ2v) is 8.40. The molecule has 0 N–H and O–H groups in total. The van der Waals surface area contributed by atoms with Gasteiger partial charge in [-0.05, 0) is 17.7 Å². The van der Waals surface area contributed by atoms with Crippen LogP contribution in [0.2, 0.25) is 0 Å². The Morgan fingerprint density at radius 2 is 2.00 bits per heavy atom. The van der Waals surface area contributed by atoms with E-state index in [-0.39, 0.29) is 29.5 Å². The molecule has 0 bridgehead atoms. The fraction of sp³-hybridized carbons (Fsp3) is 0.562. The van der Waals surface area contributed by atoms with E-state index in [1.54, 1.807) is 12.0 Å². The number of carbonyl (C=O) groups excluding carboxylic acids is 1. The van der Waals surface area contributed by atoms with E-state index in [1.165, 1.54) is 6.92 Å². The van der Waals surface area contributed by atoms with Crippen molar-refractivity contribution in [3.8, 4) is 5.75 Å². The molecule has 1 aromatic carbocycles. The van der Waals surface area contributed by atoms with Gasteiger partial charge in [0.25, 0.3) is 0 Å². The predicted octanol–water partition coefficient (Wildman–Crippen LogP) is 0.525. The predicted molar refractivity (Wildman–Crippen MR) is 87.0 cm³/mol. The van der Waals surface area contributed by atoms with E-state index in [2.05, 4.69) is 4.90 Å². The molecule has 2 fully saturated rings. The molecule has 126 valence electrons. The van der Waals surface area contributed by atoms with Gasteiger partial charge in [-0.2, -0.15) is 0 Å². The first-order chi connectivity index (χ1) is 10.9. The quantitative estimate of drug-likeness (QED) is 0.804. The van der Waals surface area contributed by atoms with E-state index < -0.39 is 9.84 Å². The average Bonchev–Trinajstić information content (AvgIpc) is 2.82. The zero-order chi connectivity index (χ0) is 16.6. The van der Waals surface area contributed by atoms with Crippen LogP contribution in [0.5, 0.6) is 5.75 Å². The third-order valence-electron chi connectivity index (χ3n) is 4.72. The molecule has 2 saturated heterocycles. The summed E-state index contributed by atoms with van der Waals surface area (Å²) in [6, 6.07) is 7.46. The molecule has 2 atom stereocenters. The molecule has 1 aromatic rings. The maximum atomic E-state index is 12.1. The molecule has 0 aromatic heterocycles. The summed E-state index contributed by atoms with van der Waals surface area (Å²) in [7, 11) is -1.46. The van der Waals surface area contributed by atoms with Crippen molar-refractivity contribution in [2.24, 2.45) is 0 Å². The summed E-state index contributed by atoms with van der Waals surface area (Å²) in [5.74, 6) is 0.954. The van der Waals surface area contributed by atoms with Gasteiger partial charge in [-0.3, -0.25) is 9.69 Å². The number of methoxy groups -OCH3 is 1. The molecule has 0 unspecified atom stereocenters. The third-order valence-corrected chi connectivity index (χ3v) is 6.41. The molecule has 23 heavy (non-hydrogen) atoms. The van der Waals surface area contributed by atoms with Crippen molar-refractivity contribution in [2.75, 3.05) is 31.7 Å². The van der Waals surface area contributed by atoms with Crippen LogP contribution in [0.3, 0.4) is 0 Å². The number of fused-ring (bicyclic) bond motifs is 1. The summed E-state index contributed by atoms with van der Waals surface area (Å²) in [6.07, 6.45) is 0. The van der Waals surface area contributed by atoms with E-state index in [4.69, 9.17) is 4.74 Å². The van der Waals surface area contributed by atoms with Crippen molar-refractivity contribution in [3.63, 3.8) is 0 Å². The fourth-order valence-electron chi connectivity index (χ4n) is 3.62. The van der Waals surface area contributed by atoms with E-state index in [0.717, 1.165) is 11.3 Å². The number of benzene rings is 1. The summed E-state index contributed by atoms with van der Waals surface area (Å²) in [5.41, 5.74) is 1.09. The van der Waals surface area contributed by atoms with Gasteiger partial charge in [0.05, 0.1) is 24.7 Å². The summed E-state index contributed by atoms with van der Waals surface area (Å²) in [4.78, 5) is 15.7. The third kappa shape index (κ3) is 3.35. The largest absolute Gasteiger partial charge is 0.497 e. The minimum absolute atomic E-state index is 0.0434. The average molecular weight is 338 g/mol. The molecule has 1 amide bonds. The van der Waals surface area contributed by atoms with E-state index in [9.17, 15) is 13.2 Å². The highest BCUT2D eigenvalue weighted by molar-refractivity contribution is 7.91. The number of ether oxygens (including phenoxy) is 1. The number of rotatable bonds is 3. The highest BCUT2D eigenvalue weighted by atomic mass is 32.2. The zero-order valence-electron chi connectivity index (χ0n) is 13.4. The molecular weight excluding hydrogens is 316 g/mol. The van der Waals surface area contributed by atoms with E-state index in [0.29, 0.717) is 19.6 Å². The lowest BCUT2D eigenvalue weighted by Crippen LogP contribution is -2.59. The van der Waals surface area contributed by atoms with Gasteiger partial charge in [-0.15, -0.1) is 0 Å². The number of nitrogens with zero attached hydrogens (tertiary/aromatic N) is 2. The van der Waals surface area contributed by atoms with Crippen molar-refractivity contribution >= 4 is 15.7 Å². The molecular formula is C16H22N2O4S. The number of sulfone groups is 1. The van der Waals surface area contributed by atoms with Crippen LogP contribution in [0.25, 0.3) is 0 Å². The van der Waals surface area contributed by atoms with Crippen LogP contribution in [0.15, 0.2) is 24.3 Å². The Kier molecular flexibility index (Phi) is 4.33. The van der Waals surface area contributed by atoms with Crippen LogP contribution in [0.1, 0.15) is 12.5 Å². The molecule has 2 heterocycles. The summed E-state index contributed by atoms with van der Waals surface area (Å²) in [5, 5.41) is 0. The summed E-state index contributed by atoms with van der Waals surface area (Å²) < 4.78 is 29.4. The second kappa shape index (κ2) is 6.13. The first-order valence-corrected chi connectivity index (χ1v) is 9.56. The second-order valence-electron chi connectivity index (χ2n) is 6.25. The van der Waals surface area contributed by atoms with Gasteiger partial charge in [-0.25, -0.2) is 8.42 Å². The van der Waals surface area contributed by atoms with Crippen LogP contribution in [-0.2, 0) is 21.2 Å². The summed E-state index contributed by atoms with van der Waals surface area (Å²) >= 11 is 0. The lowest BCUT2D eigenvalue weighted by Gasteiger charge is -2.43. The Balaban J connectivity index is 1.82. The van der Waals surface area contributed by atoms with Crippen LogP contribution in [0, 0.1) is 0 Å². The Morgan fingerprint density at radius 3 is 2.70 bits per heavy atom. The number of hydrogen-bond donors (Lipinski definition) is 0. The molecule has 3 rings (SSSR count). The molecule has 7 heteroatoms. The standard InChI is InChI=1S/C16H22N2O4S/c1-12(19)18-7-6-17(15-10-23(20,21)11-16(15)18)9-13-4-3-5-14(8-13)22-2/h3-5,8,15-16H,6-7,9-11H2,1-2H3/t15-,16+/m1/s1. The molecule has 0 saturated carbocycles. The smallest absolute Gasteiger partial charge is 0.219 e. The van der Waals surface area contributed by atoms with Crippen molar-refractivity contribution < 1.29 is 17.9 Å². The monoisotopic (exact) mass is 338 g/mol. The Labute approximate surface area is 136 Å². The Bertz CT molecular complexity index is 704. The molecule has 0 radical (unpaired) electrons. The van der Waals surface area contributed by atoms with Gasteiger partial charge < -0.3 is 9.64 Å². The van der Waals surface area contributed by atoms with Gasteiger partial charge in [0.2, 0.25) is 5.91 Å². The highest BCUT2D eigenvalue weighted by Crippen LogP contribution is 2.28. The number of piperazine rings is 1. The molecule has 2 aliphatic rings. The SMILES string of the molecule is COc1cccc(CN2CCN(C(C)=O)[C@H]3CS(=O)(=O)C[C@H]32)c1. The normalized spacial score (nSPS) is 26.8. The molecule has 2 aliphatic heterocycles. The van der Waals surface area contributed by atoms with Gasteiger partial charge in [-0.1, -0.05) is 12.1 Å². The first-order valence-electron chi connectivity index (χ1n) is 7.74. The van der Waals surface area contributed by atoms with Crippen molar-refractivity contribution in [1.82, 2.24) is 9.80 Å². The van der Waals surface area contributed by atoms with E-state index in [1.807, 2.05) is 24.3 Å². The van der Waals surface area contributed by atoms with Crippen molar-refractivity contribution in [2.45, 2.75) is 25.6 Å². The minimum atomic E-state index is -3.09. The Morgan fingerprint density at radius 1 is 1.26 bits per heavy atom. The molecule has 0 aliphatic carbocycles. The van der Waals surface area contributed by atoms with Gasteiger partial charge in [0.1, 0.15) is 5.75 Å². The van der Waals surface area contributed by atoms with Crippen LogP contribution < -0.4 is 4.74 Å². The van der Waals surface area contributed by atoms with Gasteiger partial charge >= 0.3 is 0 Å². The summed E-state index contributed by atoms with van der Waals surface area (Å²) in [6.45, 7) is 3.45. The number of carbonyl (C=O) groups is 1. The molecule has 6 nitrogen and oxygen atoms in total. The van der Waals surface area contributed by atoms with Crippen molar-refractivity contribution in [3.05, 3.63) is 29.8 Å². The zero-order valence-corrected chi connectivity index (χ0v) is 14.3. The van der Waals surface area contributed by atoms with Gasteiger partial charge in [0.15, 0.2) is 9.84 Å². The minimum Gasteiger partial charge on any atom is -0.497 e. The lowest BCUT2D eigenvalue weighted by molar-refractivity contribution is -0.134. The maximum absolute atomic E-state index is 12.1. The molecule has 0 spiro atoms. The number of amides is 1. The van der Waals surface area contributed by atoms with E-state index >= 15 is 0 Å². The van der Waals surface area contributed by atoms with Crippen LogP contribution in [-0.4, -0.2) is 67.9 Å². The topological polar surface area (TPSA) is 66.9 Å². The van der Waals surface area contributed by atoms with Crippen molar-refractivity contribution in [1.29, 1.82) is 0 Å². The fourth-order valence-corrected chi connectivity index (χ4v) is 5.63. The van der Waals surface area contributed by atoms with Crippen LogP contribution >= 0.6 is 0 Å².